The van der Waals surface area contributed by atoms with Gasteiger partial charge < -0.3 is 10.6 Å². The van der Waals surface area contributed by atoms with Crippen LogP contribution in [0.15, 0.2) is 0 Å². The third kappa shape index (κ3) is 3.70. The van der Waals surface area contributed by atoms with E-state index in [2.05, 4.69) is 38.3 Å². The first kappa shape index (κ1) is 17.5. The lowest BCUT2D eigenvalue weighted by atomic mass is 9.68. The molecular formula is C20H36N2S. The van der Waals surface area contributed by atoms with Crippen LogP contribution < -0.4 is 10.6 Å². The molecule has 2 N–H and O–H groups in total. The van der Waals surface area contributed by atoms with E-state index in [1.807, 2.05) is 0 Å². The van der Waals surface area contributed by atoms with Crippen LogP contribution in [-0.4, -0.2) is 16.7 Å². The minimum Gasteiger partial charge on any atom is -0.359 e. The van der Waals surface area contributed by atoms with Gasteiger partial charge in [-0.15, -0.1) is 0 Å². The van der Waals surface area contributed by atoms with Gasteiger partial charge >= 0.3 is 0 Å². The van der Waals surface area contributed by atoms with E-state index in [0.29, 0.717) is 11.6 Å². The molecule has 0 spiro atoms. The van der Waals surface area contributed by atoms with E-state index in [1.165, 1.54) is 51.4 Å². The van der Waals surface area contributed by atoms with Crippen molar-refractivity contribution in [1.82, 2.24) is 10.6 Å². The molecule has 132 valence electrons. The van der Waals surface area contributed by atoms with Gasteiger partial charge in [-0.3, -0.25) is 0 Å². The van der Waals surface area contributed by atoms with Crippen molar-refractivity contribution in [3.05, 3.63) is 0 Å². The second-order valence-corrected chi connectivity index (χ2v) is 9.71. The van der Waals surface area contributed by atoms with Crippen molar-refractivity contribution >= 4 is 17.3 Å². The fourth-order valence-corrected chi connectivity index (χ4v) is 6.12. The molecule has 2 unspecified atom stereocenters. The minimum absolute atomic E-state index is 0.337. The van der Waals surface area contributed by atoms with Crippen molar-refractivity contribution in [2.24, 2.45) is 29.6 Å². The maximum absolute atomic E-state index is 5.78. The highest BCUT2D eigenvalue weighted by molar-refractivity contribution is 7.80. The Labute approximate surface area is 148 Å². The van der Waals surface area contributed by atoms with E-state index in [4.69, 9.17) is 12.2 Å². The average molecular weight is 337 g/mol. The lowest BCUT2D eigenvalue weighted by Crippen LogP contribution is -2.57. The Bertz CT molecular complexity index is 407. The SMILES string of the molecule is CC(C)C1CCCC(C(C)C)C1NC(=S)NC12CCC(CC1)C2. The molecule has 3 heteroatoms. The number of fused-ring (bicyclic) bond motifs is 2. The van der Waals surface area contributed by atoms with Crippen LogP contribution in [0.25, 0.3) is 0 Å². The molecule has 0 radical (unpaired) electrons. The highest BCUT2D eigenvalue weighted by Crippen LogP contribution is 2.47. The third-order valence-corrected chi connectivity index (χ3v) is 7.35. The normalized spacial score (nSPS) is 39.9. The Morgan fingerprint density at radius 1 is 0.957 bits per heavy atom. The highest BCUT2D eigenvalue weighted by atomic mass is 32.1. The van der Waals surface area contributed by atoms with Crippen LogP contribution in [0.3, 0.4) is 0 Å². The van der Waals surface area contributed by atoms with Crippen LogP contribution in [0.5, 0.6) is 0 Å². The second-order valence-electron chi connectivity index (χ2n) is 9.30. The van der Waals surface area contributed by atoms with Gasteiger partial charge in [0.25, 0.3) is 0 Å². The molecule has 2 atom stereocenters. The fourth-order valence-electron chi connectivity index (χ4n) is 5.77. The molecule has 3 rings (SSSR count). The summed E-state index contributed by atoms with van der Waals surface area (Å²) in [5.74, 6) is 3.95. The summed E-state index contributed by atoms with van der Waals surface area (Å²) in [6, 6.07) is 0.554. The summed E-state index contributed by atoms with van der Waals surface area (Å²) in [5, 5.41) is 8.52. The van der Waals surface area contributed by atoms with Gasteiger partial charge in [-0.05, 0) is 86.8 Å². The van der Waals surface area contributed by atoms with Crippen LogP contribution in [0.4, 0.5) is 0 Å². The third-order valence-electron chi connectivity index (χ3n) is 7.13. The second kappa shape index (κ2) is 6.90. The molecule has 23 heavy (non-hydrogen) atoms. The van der Waals surface area contributed by atoms with E-state index in [9.17, 15) is 0 Å². The van der Waals surface area contributed by atoms with Gasteiger partial charge in [0.05, 0.1) is 0 Å². The fraction of sp³-hybridized carbons (Fsp3) is 0.950. The summed E-state index contributed by atoms with van der Waals surface area (Å²) in [5.41, 5.74) is 0.337. The average Bonchev–Trinajstić information content (AvgIpc) is 3.06. The minimum atomic E-state index is 0.337. The van der Waals surface area contributed by atoms with E-state index >= 15 is 0 Å². The molecule has 0 aromatic carbocycles. The zero-order valence-electron chi connectivity index (χ0n) is 15.5. The monoisotopic (exact) mass is 336 g/mol. The number of thiocarbonyl (C=S) groups is 1. The summed E-state index contributed by atoms with van der Waals surface area (Å²) >= 11 is 5.78. The molecule has 0 saturated heterocycles. The summed E-state index contributed by atoms with van der Waals surface area (Å²) in [4.78, 5) is 0. The number of rotatable bonds is 4. The van der Waals surface area contributed by atoms with E-state index in [0.717, 1.165) is 34.7 Å². The molecule has 3 saturated carbocycles. The van der Waals surface area contributed by atoms with Crippen LogP contribution in [0.1, 0.15) is 79.1 Å². The number of nitrogens with one attached hydrogen (secondary N) is 2. The number of hydrogen-bond donors (Lipinski definition) is 2. The van der Waals surface area contributed by atoms with E-state index in [1.54, 1.807) is 0 Å². The van der Waals surface area contributed by atoms with Gasteiger partial charge in [0.2, 0.25) is 0 Å². The van der Waals surface area contributed by atoms with Gasteiger partial charge in [0.15, 0.2) is 5.11 Å². The summed E-state index contributed by atoms with van der Waals surface area (Å²) in [6.45, 7) is 9.54. The maximum atomic E-state index is 5.78. The Balaban J connectivity index is 1.65. The molecule has 0 aromatic heterocycles. The smallest absolute Gasteiger partial charge is 0.166 e. The van der Waals surface area contributed by atoms with Crippen molar-refractivity contribution in [1.29, 1.82) is 0 Å². The molecule has 0 aromatic rings. The summed E-state index contributed by atoms with van der Waals surface area (Å²) in [7, 11) is 0. The van der Waals surface area contributed by atoms with Crippen LogP contribution >= 0.6 is 12.2 Å². The van der Waals surface area contributed by atoms with Gasteiger partial charge in [-0.1, -0.05) is 34.1 Å². The molecule has 3 fully saturated rings. The van der Waals surface area contributed by atoms with Crippen molar-refractivity contribution in [3.8, 4) is 0 Å². The topological polar surface area (TPSA) is 24.1 Å². The molecule has 0 amide bonds. The zero-order chi connectivity index (χ0) is 16.6. The summed E-state index contributed by atoms with van der Waals surface area (Å²) < 4.78 is 0. The predicted octanol–water partition coefficient (Wildman–Crippen LogP) is 4.88. The van der Waals surface area contributed by atoms with Crippen molar-refractivity contribution in [2.75, 3.05) is 0 Å². The van der Waals surface area contributed by atoms with Gasteiger partial charge in [0, 0.05) is 11.6 Å². The lowest BCUT2D eigenvalue weighted by molar-refractivity contribution is 0.126. The molecular weight excluding hydrogens is 300 g/mol. The first-order chi connectivity index (χ1) is 10.9. The highest BCUT2D eigenvalue weighted by Gasteiger charge is 2.45. The molecule has 3 aliphatic rings. The largest absolute Gasteiger partial charge is 0.359 e. The standard InChI is InChI=1S/C20H36N2S/c1-13(2)16-6-5-7-17(14(3)4)18(16)21-19(23)22-20-10-8-15(12-20)9-11-20/h13-18H,5-12H2,1-4H3,(H2,21,22,23). The first-order valence-electron chi connectivity index (χ1n) is 9.99. The molecule has 3 aliphatic carbocycles. The van der Waals surface area contributed by atoms with Crippen LogP contribution in [-0.2, 0) is 0 Å². The molecule has 2 nitrogen and oxygen atoms in total. The van der Waals surface area contributed by atoms with Gasteiger partial charge in [-0.25, -0.2) is 0 Å². The van der Waals surface area contributed by atoms with Crippen molar-refractivity contribution in [3.63, 3.8) is 0 Å². The van der Waals surface area contributed by atoms with Crippen molar-refractivity contribution < 1.29 is 0 Å². The van der Waals surface area contributed by atoms with Crippen LogP contribution in [0, 0.1) is 29.6 Å². The quantitative estimate of drug-likeness (QED) is 0.716. The Kier molecular flexibility index (Phi) is 5.25. The Morgan fingerprint density at radius 3 is 1.96 bits per heavy atom. The Morgan fingerprint density at radius 2 is 1.52 bits per heavy atom. The Hall–Kier alpha value is -0.310. The summed E-state index contributed by atoms with van der Waals surface area (Å²) in [6.07, 6.45) is 10.9. The number of hydrogen-bond acceptors (Lipinski definition) is 1. The molecule has 2 bridgehead atoms. The predicted molar refractivity (Wildman–Crippen MR) is 102 cm³/mol. The molecule has 0 aliphatic heterocycles. The lowest BCUT2D eigenvalue weighted by Gasteiger charge is -2.44. The van der Waals surface area contributed by atoms with Crippen molar-refractivity contribution in [2.45, 2.75) is 90.6 Å². The van der Waals surface area contributed by atoms with Gasteiger partial charge in [0.1, 0.15) is 0 Å². The zero-order valence-corrected chi connectivity index (χ0v) is 16.3. The van der Waals surface area contributed by atoms with Crippen LogP contribution in [0.2, 0.25) is 0 Å². The van der Waals surface area contributed by atoms with Gasteiger partial charge in [-0.2, -0.15) is 0 Å². The van der Waals surface area contributed by atoms with E-state index in [-0.39, 0.29) is 0 Å². The van der Waals surface area contributed by atoms with E-state index < -0.39 is 0 Å². The molecule has 0 heterocycles. The maximum Gasteiger partial charge on any atom is 0.166 e. The first-order valence-corrected chi connectivity index (χ1v) is 10.4.